The van der Waals surface area contributed by atoms with Gasteiger partial charge in [-0.25, -0.2) is 0 Å². The first-order valence-electron chi connectivity index (χ1n) is 9.18. The van der Waals surface area contributed by atoms with Crippen molar-refractivity contribution in [3.63, 3.8) is 0 Å². The van der Waals surface area contributed by atoms with Gasteiger partial charge in [-0.2, -0.15) is 0 Å². The van der Waals surface area contributed by atoms with Crippen LogP contribution in [-0.4, -0.2) is 31.1 Å². The van der Waals surface area contributed by atoms with E-state index in [0.29, 0.717) is 6.61 Å². The second-order valence-electron chi connectivity index (χ2n) is 6.44. The van der Waals surface area contributed by atoms with Crippen molar-refractivity contribution in [2.45, 2.75) is 32.9 Å². The number of benzene rings is 2. The lowest BCUT2D eigenvalue weighted by atomic mass is 9.95. The van der Waals surface area contributed by atoms with Gasteiger partial charge in [0.15, 0.2) is 0 Å². The molecule has 0 spiro atoms. The summed E-state index contributed by atoms with van der Waals surface area (Å²) in [4.78, 5) is 2.46. The minimum atomic E-state index is 0.115. The number of hydrogen-bond acceptors (Lipinski definition) is 3. The second kappa shape index (κ2) is 8.70. The van der Waals surface area contributed by atoms with Gasteiger partial charge in [0, 0.05) is 10.6 Å². The van der Waals surface area contributed by atoms with Gasteiger partial charge < -0.3 is 15.0 Å². The van der Waals surface area contributed by atoms with E-state index in [9.17, 15) is 0 Å². The lowest BCUT2D eigenvalue weighted by Gasteiger charge is -2.22. The smallest absolute Gasteiger partial charge is 0.125 e. The summed E-state index contributed by atoms with van der Waals surface area (Å²) >= 11 is 6.27. The fraction of sp³-hybridized carbons (Fsp3) is 0.429. The molecular formula is C21H27ClN2O. The van der Waals surface area contributed by atoms with Crippen molar-refractivity contribution in [3.05, 3.63) is 64.2 Å². The average molecular weight is 359 g/mol. The van der Waals surface area contributed by atoms with E-state index in [2.05, 4.69) is 48.3 Å². The topological polar surface area (TPSA) is 24.5 Å². The van der Waals surface area contributed by atoms with E-state index >= 15 is 0 Å². The molecule has 4 heteroatoms. The first-order valence-corrected chi connectivity index (χ1v) is 9.56. The zero-order chi connectivity index (χ0) is 17.6. The van der Waals surface area contributed by atoms with Crippen molar-refractivity contribution in [1.82, 2.24) is 10.2 Å². The highest BCUT2D eigenvalue weighted by atomic mass is 35.5. The summed E-state index contributed by atoms with van der Waals surface area (Å²) in [5.41, 5.74) is 3.64. The molecule has 0 fully saturated rings. The third kappa shape index (κ3) is 4.35. The zero-order valence-corrected chi connectivity index (χ0v) is 15.9. The fourth-order valence-electron chi connectivity index (χ4n) is 3.46. The quantitative estimate of drug-likeness (QED) is 0.729. The molecule has 2 aromatic carbocycles. The van der Waals surface area contributed by atoms with Gasteiger partial charge in [0.05, 0.1) is 6.04 Å². The van der Waals surface area contributed by atoms with Crippen LogP contribution >= 0.6 is 11.6 Å². The average Bonchev–Trinajstić information content (AvgIpc) is 2.79. The van der Waals surface area contributed by atoms with E-state index in [4.69, 9.17) is 16.3 Å². The van der Waals surface area contributed by atoms with Gasteiger partial charge in [0.2, 0.25) is 0 Å². The number of fused-ring (bicyclic) bond motifs is 2. The van der Waals surface area contributed by atoms with Crippen LogP contribution in [0.5, 0.6) is 5.75 Å². The Balaban J connectivity index is 1.80. The Kier molecular flexibility index (Phi) is 6.35. The summed E-state index contributed by atoms with van der Waals surface area (Å²) in [6.45, 7) is 9.32. The van der Waals surface area contributed by atoms with Crippen molar-refractivity contribution < 1.29 is 4.74 Å². The van der Waals surface area contributed by atoms with Gasteiger partial charge in [-0.1, -0.05) is 49.7 Å². The molecule has 0 aliphatic carbocycles. The van der Waals surface area contributed by atoms with Gasteiger partial charge in [-0.15, -0.1) is 0 Å². The lowest BCUT2D eigenvalue weighted by Crippen LogP contribution is -2.29. The van der Waals surface area contributed by atoms with Crippen LogP contribution in [0.1, 0.15) is 43.0 Å². The number of hydrogen-bond donors (Lipinski definition) is 1. The predicted octanol–water partition coefficient (Wildman–Crippen LogP) is 4.64. The first-order chi connectivity index (χ1) is 12.2. The molecule has 1 aliphatic heterocycles. The van der Waals surface area contributed by atoms with Gasteiger partial charge in [-0.05, 0) is 61.9 Å². The number of halogens is 1. The number of rotatable bonds is 7. The second-order valence-corrected chi connectivity index (χ2v) is 6.87. The molecule has 1 aliphatic rings. The maximum atomic E-state index is 6.27. The predicted molar refractivity (Wildman–Crippen MR) is 104 cm³/mol. The van der Waals surface area contributed by atoms with Crippen LogP contribution in [-0.2, 0) is 6.61 Å². The molecule has 0 aromatic heterocycles. The molecule has 3 nitrogen and oxygen atoms in total. The Bertz CT molecular complexity index is 700. The molecule has 1 unspecified atom stereocenters. The van der Waals surface area contributed by atoms with E-state index < -0.39 is 0 Å². The largest absolute Gasteiger partial charge is 0.489 e. The zero-order valence-electron chi connectivity index (χ0n) is 15.1. The summed E-state index contributed by atoms with van der Waals surface area (Å²) in [5, 5.41) is 4.49. The van der Waals surface area contributed by atoms with Crippen LogP contribution in [0.3, 0.4) is 0 Å². The molecule has 0 radical (unpaired) electrons. The van der Waals surface area contributed by atoms with Gasteiger partial charge >= 0.3 is 0 Å². The van der Waals surface area contributed by atoms with Gasteiger partial charge in [-0.3, -0.25) is 0 Å². The summed E-state index contributed by atoms with van der Waals surface area (Å²) < 4.78 is 6.03. The molecule has 2 aromatic rings. The van der Waals surface area contributed by atoms with Gasteiger partial charge in [0.1, 0.15) is 12.4 Å². The lowest BCUT2D eigenvalue weighted by molar-refractivity contribution is 0.296. The van der Waals surface area contributed by atoms with Crippen molar-refractivity contribution in [2.24, 2.45) is 0 Å². The number of nitrogens with zero attached hydrogens (tertiary/aromatic N) is 1. The van der Waals surface area contributed by atoms with E-state index in [-0.39, 0.29) is 6.04 Å². The standard InChI is InChI=1S/C21H27ClN2O/c1-3-24(4-2)13-7-12-23-21-18-9-6-5-8-16(18)15-25-20-11-10-17(22)14-19(20)21/h5-6,8-11,14,21,23H,3-4,7,12-13,15H2,1-2H3. The van der Waals surface area contributed by atoms with E-state index in [1.807, 2.05) is 18.2 Å². The molecular weight excluding hydrogens is 332 g/mol. The molecule has 25 heavy (non-hydrogen) atoms. The van der Waals surface area contributed by atoms with Crippen LogP contribution in [0.15, 0.2) is 42.5 Å². The third-order valence-electron chi connectivity index (χ3n) is 4.93. The molecule has 0 amide bonds. The van der Waals surface area contributed by atoms with Gasteiger partial charge in [0.25, 0.3) is 0 Å². The Morgan fingerprint density at radius 1 is 1.12 bits per heavy atom. The summed E-state index contributed by atoms with van der Waals surface area (Å²) in [6, 6.07) is 14.5. The highest BCUT2D eigenvalue weighted by Gasteiger charge is 2.24. The van der Waals surface area contributed by atoms with E-state index in [1.54, 1.807) is 0 Å². The monoisotopic (exact) mass is 358 g/mol. The van der Waals surface area contributed by atoms with E-state index in [0.717, 1.165) is 48.9 Å². The fourth-order valence-corrected chi connectivity index (χ4v) is 3.64. The Hall–Kier alpha value is -1.55. The molecule has 134 valence electrons. The molecule has 0 saturated carbocycles. The Morgan fingerprint density at radius 3 is 2.72 bits per heavy atom. The SMILES string of the molecule is CCN(CC)CCCNC1c2ccccc2COc2ccc(Cl)cc21. The Morgan fingerprint density at radius 2 is 1.92 bits per heavy atom. The van der Waals surface area contributed by atoms with Crippen LogP contribution in [0, 0.1) is 0 Å². The highest BCUT2D eigenvalue weighted by molar-refractivity contribution is 6.30. The summed E-state index contributed by atoms with van der Waals surface area (Å²) in [6.07, 6.45) is 1.12. The third-order valence-corrected chi connectivity index (χ3v) is 5.16. The van der Waals surface area contributed by atoms with Crippen molar-refractivity contribution in [2.75, 3.05) is 26.2 Å². The normalized spacial score (nSPS) is 16.1. The van der Waals surface area contributed by atoms with Crippen LogP contribution in [0.25, 0.3) is 0 Å². The van der Waals surface area contributed by atoms with Crippen molar-refractivity contribution >= 4 is 11.6 Å². The molecule has 1 heterocycles. The van der Waals surface area contributed by atoms with Crippen molar-refractivity contribution in [1.29, 1.82) is 0 Å². The minimum Gasteiger partial charge on any atom is -0.489 e. The molecule has 3 rings (SSSR count). The highest BCUT2D eigenvalue weighted by Crippen LogP contribution is 2.37. The number of nitrogens with one attached hydrogen (secondary N) is 1. The van der Waals surface area contributed by atoms with Crippen LogP contribution in [0.2, 0.25) is 5.02 Å². The first kappa shape index (κ1) is 18.2. The summed E-state index contributed by atoms with van der Waals surface area (Å²) in [7, 11) is 0. The molecule has 0 bridgehead atoms. The Labute approximate surface area is 155 Å². The van der Waals surface area contributed by atoms with Crippen LogP contribution in [0.4, 0.5) is 0 Å². The molecule has 1 atom stereocenters. The van der Waals surface area contributed by atoms with E-state index in [1.165, 1.54) is 11.1 Å². The van der Waals surface area contributed by atoms with Crippen molar-refractivity contribution in [3.8, 4) is 5.75 Å². The number of ether oxygens (including phenoxy) is 1. The molecule has 1 N–H and O–H groups in total. The molecule has 0 saturated heterocycles. The summed E-state index contributed by atoms with van der Waals surface area (Å²) in [5.74, 6) is 0.918. The maximum absolute atomic E-state index is 6.27. The minimum absolute atomic E-state index is 0.115. The maximum Gasteiger partial charge on any atom is 0.125 e. The van der Waals surface area contributed by atoms with Crippen LogP contribution < -0.4 is 10.1 Å².